The van der Waals surface area contributed by atoms with Gasteiger partial charge >= 0.3 is 0 Å². The van der Waals surface area contributed by atoms with E-state index in [1.165, 1.54) is 5.56 Å². The number of ether oxygens (including phenoxy) is 3. The Hall–Kier alpha value is -2.08. The molecule has 6 nitrogen and oxygen atoms in total. The van der Waals surface area contributed by atoms with E-state index in [4.69, 9.17) is 18.7 Å². The monoisotopic (exact) mass is 288 g/mol. The highest BCUT2D eigenvalue weighted by Crippen LogP contribution is 2.32. The van der Waals surface area contributed by atoms with Gasteiger partial charge in [-0.25, -0.2) is 0 Å². The molecule has 1 saturated heterocycles. The topological polar surface area (TPSA) is 66.6 Å². The highest BCUT2D eigenvalue weighted by molar-refractivity contribution is 5.44. The van der Waals surface area contributed by atoms with Gasteiger partial charge in [0.1, 0.15) is 0 Å². The summed E-state index contributed by atoms with van der Waals surface area (Å²) in [6.07, 6.45) is 2.53. The van der Waals surface area contributed by atoms with Crippen molar-refractivity contribution in [2.75, 3.05) is 20.0 Å². The predicted molar refractivity (Wildman–Crippen MR) is 72.4 cm³/mol. The molecule has 4 rings (SSSR count). The van der Waals surface area contributed by atoms with Crippen LogP contribution in [-0.2, 0) is 17.6 Å². The SMILES string of the molecule is c1cc2c(cc1CCc1nc(C3CCOC3)no1)OCO2. The van der Waals surface area contributed by atoms with E-state index in [-0.39, 0.29) is 5.92 Å². The Labute approximate surface area is 122 Å². The van der Waals surface area contributed by atoms with Crippen molar-refractivity contribution in [2.24, 2.45) is 0 Å². The minimum absolute atomic E-state index is 0.285. The van der Waals surface area contributed by atoms with E-state index < -0.39 is 0 Å². The summed E-state index contributed by atoms with van der Waals surface area (Å²) in [5.41, 5.74) is 1.17. The summed E-state index contributed by atoms with van der Waals surface area (Å²) in [6, 6.07) is 5.98. The fraction of sp³-hybridized carbons (Fsp3) is 0.467. The second-order valence-corrected chi connectivity index (χ2v) is 5.29. The van der Waals surface area contributed by atoms with Crippen LogP contribution in [0.5, 0.6) is 11.5 Å². The van der Waals surface area contributed by atoms with E-state index >= 15 is 0 Å². The van der Waals surface area contributed by atoms with Gasteiger partial charge in [0.05, 0.1) is 6.61 Å². The predicted octanol–water partition coefficient (Wildman–Crippen LogP) is 2.09. The number of hydrogen-bond donors (Lipinski definition) is 0. The fourth-order valence-electron chi connectivity index (χ4n) is 2.62. The normalized spacial score (nSPS) is 20.1. The molecule has 1 aromatic carbocycles. The first-order valence-corrected chi connectivity index (χ1v) is 7.17. The van der Waals surface area contributed by atoms with Gasteiger partial charge in [-0.05, 0) is 30.5 Å². The van der Waals surface area contributed by atoms with Crippen LogP contribution in [0.15, 0.2) is 22.7 Å². The van der Waals surface area contributed by atoms with Crippen LogP contribution in [0.2, 0.25) is 0 Å². The molecule has 3 heterocycles. The van der Waals surface area contributed by atoms with Gasteiger partial charge in [-0.1, -0.05) is 11.2 Å². The molecule has 0 aliphatic carbocycles. The molecule has 21 heavy (non-hydrogen) atoms. The molecule has 2 aromatic rings. The van der Waals surface area contributed by atoms with Crippen LogP contribution in [0.25, 0.3) is 0 Å². The van der Waals surface area contributed by atoms with Crippen molar-refractivity contribution in [3.8, 4) is 11.5 Å². The van der Waals surface area contributed by atoms with Crippen LogP contribution in [0, 0.1) is 0 Å². The average molecular weight is 288 g/mol. The van der Waals surface area contributed by atoms with E-state index in [0.717, 1.165) is 43.2 Å². The van der Waals surface area contributed by atoms with Crippen molar-refractivity contribution < 1.29 is 18.7 Å². The van der Waals surface area contributed by atoms with Gasteiger partial charge in [-0.3, -0.25) is 0 Å². The zero-order chi connectivity index (χ0) is 14.1. The largest absolute Gasteiger partial charge is 0.454 e. The molecule has 0 bridgehead atoms. The van der Waals surface area contributed by atoms with Crippen molar-refractivity contribution >= 4 is 0 Å². The molecule has 1 unspecified atom stereocenters. The first-order valence-electron chi connectivity index (χ1n) is 7.17. The summed E-state index contributed by atoms with van der Waals surface area (Å²) >= 11 is 0. The number of hydrogen-bond acceptors (Lipinski definition) is 6. The van der Waals surface area contributed by atoms with Crippen LogP contribution >= 0.6 is 0 Å². The van der Waals surface area contributed by atoms with Crippen LogP contribution in [0.4, 0.5) is 0 Å². The maximum Gasteiger partial charge on any atom is 0.231 e. The Kier molecular flexibility index (Phi) is 3.23. The minimum atomic E-state index is 0.285. The molecule has 1 aromatic heterocycles. The Balaban J connectivity index is 1.40. The number of aromatic nitrogens is 2. The molecule has 0 amide bonds. The number of fused-ring (bicyclic) bond motifs is 1. The van der Waals surface area contributed by atoms with Crippen LogP contribution in [-0.4, -0.2) is 30.1 Å². The summed E-state index contributed by atoms with van der Waals surface area (Å²) in [7, 11) is 0. The highest BCUT2D eigenvalue weighted by atomic mass is 16.7. The highest BCUT2D eigenvalue weighted by Gasteiger charge is 2.23. The van der Waals surface area contributed by atoms with Gasteiger partial charge < -0.3 is 18.7 Å². The Morgan fingerprint density at radius 1 is 1.14 bits per heavy atom. The molecule has 2 aliphatic heterocycles. The van der Waals surface area contributed by atoms with E-state index in [1.807, 2.05) is 18.2 Å². The number of nitrogens with zero attached hydrogens (tertiary/aromatic N) is 2. The van der Waals surface area contributed by atoms with Gasteiger partial charge in [0.25, 0.3) is 0 Å². The standard InChI is InChI=1S/C15H16N2O4/c1-3-12-13(20-9-19-12)7-10(1)2-4-14-16-15(17-21-14)11-5-6-18-8-11/h1,3,7,11H,2,4-6,8-9H2. The van der Waals surface area contributed by atoms with Gasteiger partial charge in [-0.15, -0.1) is 0 Å². The summed E-state index contributed by atoms with van der Waals surface area (Å²) in [4.78, 5) is 4.47. The Morgan fingerprint density at radius 2 is 2.10 bits per heavy atom. The van der Waals surface area contributed by atoms with E-state index in [1.54, 1.807) is 0 Å². The molecule has 0 N–H and O–H groups in total. The average Bonchev–Trinajstić information content (AvgIpc) is 3.24. The molecule has 1 atom stereocenters. The van der Waals surface area contributed by atoms with E-state index in [2.05, 4.69) is 10.1 Å². The fourth-order valence-corrected chi connectivity index (χ4v) is 2.62. The first-order chi connectivity index (χ1) is 10.4. The zero-order valence-corrected chi connectivity index (χ0v) is 11.6. The van der Waals surface area contributed by atoms with Gasteiger partial charge in [-0.2, -0.15) is 4.98 Å². The lowest BCUT2D eigenvalue weighted by Crippen LogP contribution is -2.00. The minimum Gasteiger partial charge on any atom is -0.454 e. The summed E-state index contributed by atoms with van der Waals surface area (Å²) in [5, 5.41) is 4.06. The molecular formula is C15H16N2O4. The third-order valence-corrected chi connectivity index (χ3v) is 3.84. The number of benzene rings is 1. The van der Waals surface area contributed by atoms with Gasteiger partial charge in [0.15, 0.2) is 17.3 Å². The molecule has 0 spiro atoms. The maximum atomic E-state index is 5.38. The first kappa shape index (κ1) is 12.6. The summed E-state index contributed by atoms with van der Waals surface area (Å²) in [5.74, 6) is 3.35. The van der Waals surface area contributed by atoms with E-state index in [9.17, 15) is 0 Å². The molecule has 110 valence electrons. The van der Waals surface area contributed by atoms with Gasteiger partial charge in [0.2, 0.25) is 12.7 Å². The summed E-state index contributed by atoms with van der Waals surface area (Å²) < 4.78 is 21.3. The second kappa shape index (κ2) is 5.37. The Bertz CT molecular complexity index is 634. The smallest absolute Gasteiger partial charge is 0.231 e. The van der Waals surface area contributed by atoms with Crippen molar-refractivity contribution in [2.45, 2.75) is 25.2 Å². The molecule has 6 heteroatoms. The third-order valence-electron chi connectivity index (χ3n) is 3.84. The van der Waals surface area contributed by atoms with E-state index in [0.29, 0.717) is 19.3 Å². The maximum absolute atomic E-state index is 5.38. The molecule has 0 radical (unpaired) electrons. The zero-order valence-electron chi connectivity index (χ0n) is 11.6. The lowest BCUT2D eigenvalue weighted by atomic mass is 10.1. The van der Waals surface area contributed by atoms with Gasteiger partial charge in [0, 0.05) is 18.9 Å². The van der Waals surface area contributed by atoms with Crippen molar-refractivity contribution in [3.05, 3.63) is 35.5 Å². The van der Waals surface area contributed by atoms with Crippen LogP contribution in [0.1, 0.15) is 29.6 Å². The Morgan fingerprint density at radius 3 is 3.00 bits per heavy atom. The quantitative estimate of drug-likeness (QED) is 0.858. The van der Waals surface area contributed by atoms with Crippen molar-refractivity contribution in [1.82, 2.24) is 10.1 Å². The molecule has 2 aliphatic rings. The third kappa shape index (κ3) is 2.58. The van der Waals surface area contributed by atoms with Crippen molar-refractivity contribution in [1.29, 1.82) is 0 Å². The molecule has 1 fully saturated rings. The summed E-state index contributed by atoms with van der Waals surface area (Å²) in [6.45, 7) is 1.78. The van der Waals surface area contributed by atoms with Crippen molar-refractivity contribution in [3.63, 3.8) is 0 Å². The number of aryl methyl sites for hydroxylation is 2. The number of rotatable bonds is 4. The van der Waals surface area contributed by atoms with Crippen LogP contribution < -0.4 is 9.47 Å². The van der Waals surface area contributed by atoms with Crippen LogP contribution in [0.3, 0.4) is 0 Å². The lowest BCUT2D eigenvalue weighted by Gasteiger charge is -2.01. The molecular weight excluding hydrogens is 272 g/mol. The molecule has 0 saturated carbocycles. The second-order valence-electron chi connectivity index (χ2n) is 5.29. The lowest BCUT2D eigenvalue weighted by molar-refractivity contribution is 0.174.